The summed E-state index contributed by atoms with van der Waals surface area (Å²) in [4.78, 5) is 0. The first-order valence-corrected chi connectivity index (χ1v) is 8.10. The maximum atomic E-state index is 14.6. The van der Waals surface area contributed by atoms with Crippen LogP contribution in [0.2, 0.25) is 0 Å². The monoisotopic (exact) mass is 352 g/mol. The van der Waals surface area contributed by atoms with E-state index in [0.717, 1.165) is 10.8 Å². The second-order valence-electron chi connectivity index (χ2n) is 5.68. The zero-order valence-electron chi connectivity index (χ0n) is 14.3. The van der Waals surface area contributed by atoms with Crippen molar-refractivity contribution in [2.45, 2.75) is 0 Å². The zero-order valence-corrected chi connectivity index (χ0v) is 14.3. The average Bonchev–Trinajstić information content (AvgIpc) is 2.70. The van der Waals surface area contributed by atoms with E-state index >= 15 is 0 Å². The molecule has 0 bridgehead atoms. The first-order valence-electron chi connectivity index (χ1n) is 8.10. The van der Waals surface area contributed by atoms with Crippen LogP contribution in [0.3, 0.4) is 0 Å². The van der Waals surface area contributed by atoms with E-state index in [4.69, 9.17) is 9.47 Å². The Labute approximate surface area is 151 Å². The summed E-state index contributed by atoms with van der Waals surface area (Å²) in [6.07, 6.45) is 1.66. The molecular weight excluding hydrogens is 334 g/mol. The normalized spacial score (nSPS) is 11.8. The summed E-state index contributed by atoms with van der Waals surface area (Å²) in [7, 11) is 1.52. The molecule has 0 aliphatic rings. The number of rotatable bonds is 6. The Kier molecular flexibility index (Phi) is 5.32. The van der Waals surface area contributed by atoms with Crippen LogP contribution in [0.5, 0.6) is 11.5 Å². The first kappa shape index (κ1) is 17.7. The first-order chi connectivity index (χ1) is 12.6. The van der Waals surface area contributed by atoms with Crippen LogP contribution in [0.25, 0.3) is 22.4 Å². The number of hydrogen-bond donors (Lipinski definition) is 0. The molecule has 3 rings (SSSR count). The Morgan fingerprint density at radius 1 is 0.846 bits per heavy atom. The van der Waals surface area contributed by atoms with Crippen molar-refractivity contribution in [1.29, 1.82) is 0 Å². The number of methoxy groups -OCH3 is 1. The van der Waals surface area contributed by atoms with Gasteiger partial charge in [-0.1, -0.05) is 30.9 Å². The molecule has 132 valence electrons. The summed E-state index contributed by atoms with van der Waals surface area (Å²) in [5.74, 6) is -0.519. The van der Waals surface area contributed by atoms with Crippen molar-refractivity contribution >= 4 is 22.4 Å². The molecule has 0 atom stereocenters. The lowest BCUT2D eigenvalue weighted by Gasteiger charge is -2.07. The molecule has 0 radical (unpaired) electrons. The van der Waals surface area contributed by atoms with Gasteiger partial charge >= 0.3 is 0 Å². The fourth-order valence-corrected chi connectivity index (χ4v) is 2.60. The molecule has 0 fully saturated rings. The van der Waals surface area contributed by atoms with Crippen LogP contribution in [0.15, 0.2) is 73.3 Å². The molecule has 4 heteroatoms. The Morgan fingerprint density at radius 3 is 2.12 bits per heavy atom. The van der Waals surface area contributed by atoms with Gasteiger partial charge in [0.05, 0.1) is 7.11 Å². The molecule has 0 saturated carbocycles. The second kappa shape index (κ2) is 7.83. The molecule has 3 aromatic rings. The molecule has 0 unspecified atom stereocenters. The van der Waals surface area contributed by atoms with E-state index in [-0.39, 0.29) is 11.1 Å². The van der Waals surface area contributed by atoms with Gasteiger partial charge in [0.2, 0.25) is 0 Å². The van der Waals surface area contributed by atoms with Gasteiger partial charge in [-0.15, -0.1) is 0 Å². The van der Waals surface area contributed by atoms with E-state index < -0.39 is 11.7 Å². The molecule has 0 aliphatic carbocycles. The fourth-order valence-electron chi connectivity index (χ4n) is 2.60. The topological polar surface area (TPSA) is 18.5 Å². The highest BCUT2D eigenvalue weighted by Crippen LogP contribution is 2.32. The van der Waals surface area contributed by atoms with Gasteiger partial charge in [-0.05, 0) is 53.2 Å². The number of hydrogen-bond acceptors (Lipinski definition) is 2. The van der Waals surface area contributed by atoms with E-state index in [0.29, 0.717) is 18.1 Å². The van der Waals surface area contributed by atoms with Gasteiger partial charge < -0.3 is 9.47 Å². The van der Waals surface area contributed by atoms with Crippen LogP contribution in [-0.2, 0) is 0 Å². The van der Waals surface area contributed by atoms with Crippen molar-refractivity contribution in [3.05, 3.63) is 84.4 Å². The van der Waals surface area contributed by atoms with Crippen molar-refractivity contribution in [3.63, 3.8) is 0 Å². The van der Waals surface area contributed by atoms with Crippen molar-refractivity contribution in [2.75, 3.05) is 13.7 Å². The number of fused-ring (bicyclic) bond motifs is 1. The molecule has 0 spiro atoms. The third-order valence-corrected chi connectivity index (χ3v) is 3.97. The van der Waals surface area contributed by atoms with Gasteiger partial charge in [0.25, 0.3) is 0 Å². The van der Waals surface area contributed by atoms with Crippen LogP contribution < -0.4 is 9.47 Å². The van der Waals surface area contributed by atoms with Gasteiger partial charge in [0, 0.05) is 11.1 Å². The summed E-state index contributed by atoms with van der Waals surface area (Å²) in [6, 6.07) is 16.5. The van der Waals surface area contributed by atoms with Gasteiger partial charge in [0.1, 0.15) is 18.1 Å². The largest absolute Gasteiger partial charge is 0.497 e. The summed E-state index contributed by atoms with van der Waals surface area (Å²) in [5, 5.41) is 1.68. The molecule has 2 nitrogen and oxygen atoms in total. The summed E-state index contributed by atoms with van der Waals surface area (Å²) in [5.41, 5.74) is 0.349. The third kappa shape index (κ3) is 3.75. The highest BCUT2D eigenvalue weighted by molar-refractivity contribution is 5.90. The Bertz CT molecular complexity index is 960. The minimum atomic E-state index is -0.905. The molecular formula is C22H18F2O2. The van der Waals surface area contributed by atoms with Crippen LogP contribution in [-0.4, -0.2) is 13.7 Å². The Hall–Kier alpha value is -3.14. The van der Waals surface area contributed by atoms with Gasteiger partial charge in [-0.2, -0.15) is 0 Å². The molecule has 0 saturated heterocycles. The van der Waals surface area contributed by atoms with Crippen LogP contribution in [0, 0.1) is 0 Å². The van der Waals surface area contributed by atoms with Crippen molar-refractivity contribution in [1.82, 2.24) is 0 Å². The predicted molar refractivity (Wildman–Crippen MR) is 102 cm³/mol. The minimum Gasteiger partial charge on any atom is -0.497 e. The molecule has 0 aliphatic heterocycles. The van der Waals surface area contributed by atoms with E-state index in [2.05, 4.69) is 6.58 Å². The maximum Gasteiger partial charge on any atom is 0.166 e. The number of halogens is 2. The highest BCUT2D eigenvalue weighted by atomic mass is 19.2. The lowest BCUT2D eigenvalue weighted by Crippen LogP contribution is -1.92. The van der Waals surface area contributed by atoms with E-state index in [1.54, 1.807) is 42.5 Å². The van der Waals surface area contributed by atoms with Gasteiger partial charge in [0.15, 0.2) is 11.7 Å². The third-order valence-electron chi connectivity index (χ3n) is 3.97. The van der Waals surface area contributed by atoms with Crippen molar-refractivity contribution in [2.24, 2.45) is 0 Å². The SMILES string of the molecule is C=CCOc1ccc2cc(C(F)=C(F)c3ccc(OC)cc3)ccc2c1. The zero-order chi connectivity index (χ0) is 18.5. The molecule has 0 heterocycles. The van der Waals surface area contributed by atoms with Crippen LogP contribution in [0.1, 0.15) is 11.1 Å². The smallest absolute Gasteiger partial charge is 0.166 e. The quantitative estimate of drug-likeness (QED) is 0.390. The molecule has 0 aromatic heterocycles. The molecule has 0 N–H and O–H groups in total. The molecule has 0 amide bonds. The van der Waals surface area contributed by atoms with Crippen molar-refractivity contribution < 1.29 is 18.3 Å². The lowest BCUT2D eigenvalue weighted by atomic mass is 10.0. The maximum absolute atomic E-state index is 14.6. The van der Waals surface area contributed by atoms with Gasteiger partial charge in [-0.25, -0.2) is 8.78 Å². The van der Waals surface area contributed by atoms with E-state index in [1.165, 1.54) is 19.2 Å². The molecule has 26 heavy (non-hydrogen) atoms. The highest BCUT2D eigenvalue weighted by Gasteiger charge is 2.12. The average molecular weight is 352 g/mol. The number of ether oxygens (including phenoxy) is 2. The van der Waals surface area contributed by atoms with Crippen LogP contribution >= 0.6 is 0 Å². The molecule has 3 aromatic carbocycles. The van der Waals surface area contributed by atoms with E-state index in [1.807, 2.05) is 12.1 Å². The minimum absolute atomic E-state index is 0.163. The number of benzene rings is 3. The van der Waals surface area contributed by atoms with Crippen molar-refractivity contribution in [3.8, 4) is 11.5 Å². The van der Waals surface area contributed by atoms with Gasteiger partial charge in [-0.3, -0.25) is 0 Å². The Balaban J connectivity index is 1.93. The lowest BCUT2D eigenvalue weighted by molar-refractivity contribution is 0.364. The summed E-state index contributed by atoms with van der Waals surface area (Å²) >= 11 is 0. The fraction of sp³-hybridized carbons (Fsp3) is 0.0909. The standard InChI is InChI=1S/C22H18F2O2/c1-3-12-26-20-11-8-16-13-18(5-4-17(16)14-20)22(24)21(23)15-6-9-19(25-2)10-7-15/h3-11,13-14H,1,12H2,2H3. The summed E-state index contributed by atoms with van der Waals surface area (Å²) in [6.45, 7) is 4.02. The predicted octanol–water partition coefficient (Wildman–Crippen LogP) is 6.18. The second-order valence-corrected chi connectivity index (χ2v) is 5.68. The van der Waals surface area contributed by atoms with Crippen LogP contribution in [0.4, 0.5) is 8.78 Å². The summed E-state index contributed by atoms with van der Waals surface area (Å²) < 4.78 is 39.6. The Morgan fingerprint density at radius 2 is 1.42 bits per heavy atom. The van der Waals surface area contributed by atoms with E-state index in [9.17, 15) is 8.78 Å².